The second-order valence-electron chi connectivity index (χ2n) is 6.34. The molecule has 3 aromatic rings. The van der Waals surface area contributed by atoms with Crippen LogP contribution in [0.15, 0.2) is 70.9 Å². The van der Waals surface area contributed by atoms with E-state index in [4.69, 9.17) is 4.74 Å². The van der Waals surface area contributed by atoms with Crippen LogP contribution in [0.5, 0.6) is 5.75 Å². The Morgan fingerprint density at radius 1 is 1.03 bits per heavy atom. The molecule has 0 atom stereocenters. The van der Waals surface area contributed by atoms with Gasteiger partial charge in [0.05, 0.1) is 17.5 Å². The molecule has 1 heterocycles. The van der Waals surface area contributed by atoms with Gasteiger partial charge in [-0.3, -0.25) is 4.79 Å². The van der Waals surface area contributed by atoms with Gasteiger partial charge in [-0.25, -0.2) is 20.2 Å². The number of nitrogens with zero attached hydrogens (tertiary/aromatic N) is 3. The van der Waals surface area contributed by atoms with Crippen molar-refractivity contribution >= 4 is 29.9 Å². The van der Waals surface area contributed by atoms with E-state index in [1.807, 2.05) is 26.0 Å². The second-order valence-corrected chi connectivity index (χ2v) is 7.28. The molecule has 8 heteroatoms. The van der Waals surface area contributed by atoms with Crippen molar-refractivity contribution in [2.24, 2.45) is 5.10 Å². The number of aromatic nitrogens is 2. The number of hydrogen-bond acceptors (Lipinski definition) is 7. The highest BCUT2D eigenvalue weighted by Crippen LogP contribution is 2.14. The molecule has 0 aliphatic heterocycles. The highest BCUT2D eigenvalue weighted by atomic mass is 32.2. The van der Waals surface area contributed by atoms with Gasteiger partial charge in [-0.2, -0.15) is 5.10 Å². The van der Waals surface area contributed by atoms with Crippen molar-refractivity contribution in [3.63, 3.8) is 0 Å². The lowest BCUT2D eigenvalue weighted by Gasteiger charge is -2.04. The molecule has 3 rings (SSSR count). The molecule has 0 aliphatic carbocycles. The maximum atomic E-state index is 12.0. The lowest BCUT2D eigenvalue weighted by molar-refractivity contribution is -0.118. The van der Waals surface area contributed by atoms with Crippen LogP contribution in [0.25, 0.3) is 0 Å². The average Bonchev–Trinajstić information content (AvgIpc) is 2.73. The largest absolute Gasteiger partial charge is 0.423 e. The van der Waals surface area contributed by atoms with Crippen molar-refractivity contribution in [1.82, 2.24) is 15.4 Å². The molecule has 1 amide bonds. The molecule has 1 aromatic heterocycles. The first kappa shape index (κ1) is 21.2. The Kier molecular flexibility index (Phi) is 7.29. The lowest BCUT2D eigenvalue weighted by atomic mass is 10.2. The average molecular weight is 420 g/mol. The van der Waals surface area contributed by atoms with E-state index in [0.717, 1.165) is 17.0 Å². The number of thioether (sulfide) groups is 1. The maximum Gasteiger partial charge on any atom is 0.343 e. The summed E-state index contributed by atoms with van der Waals surface area (Å²) in [5, 5.41) is 4.50. The quantitative estimate of drug-likeness (QED) is 0.157. The molecule has 0 saturated heterocycles. The molecule has 0 radical (unpaired) electrons. The van der Waals surface area contributed by atoms with Crippen molar-refractivity contribution in [3.05, 3.63) is 83.2 Å². The normalized spacial score (nSPS) is 10.7. The van der Waals surface area contributed by atoms with E-state index in [9.17, 15) is 9.59 Å². The van der Waals surface area contributed by atoms with Crippen LogP contribution in [0, 0.1) is 13.8 Å². The van der Waals surface area contributed by atoms with Gasteiger partial charge in [0.15, 0.2) is 5.16 Å². The molecule has 152 valence electrons. The first-order valence-corrected chi connectivity index (χ1v) is 10.1. The topological polar surface area (TPSA) is 93.5 Å². The Balaban J connectivity index is 1.46. The smallest absolute Gasteiger partial charge is 0.343 e. The summed E-state index contributed by atoms with van der Waals surface area (Å²) in [5.41, 5.74) is 5.42. The maximum absolute atomic E-state index is 12.0. The molecule has 0 aliphatic rings. The van der Waals surface area contributed by atoms with Gasteiger partial charge in [0.2, 0.25) is 0 Å². The third kappa shape index (κ3) is 6.52. The zero-order chi connectivity index (χ0) is 21.3. The monoisotopic (exact) mass is 420 g/mol. The van der Waals surface area contributed by atoms with Crippen molar-refractivity contribution in [2.45, 2.75) is 19.0 Å². The lowest BCUT2D eigenvalue weighted by Crippen LogP contribution is -2.19. The number of rotatable bonds is 7. The van der Waals surface area contributed by atoms with Gasteiger partial charge in [0.25, 0.3) is 5.91 Å². The Morgan fingerprint density at radius 3 is 2.37 bits per heavy atom. The number of hydrazone groups is 1. The molecule has 0 bridgehead atoms. The van der Waals surface area contributed by atoms with E-state index in [1.54, 1.807) is 48.5 Å². The highest BCUT2D eigenvalue weighted by molar-refractivity contribution is 7.99. The van der Waals surface area contributed by atoms with Crippen LogP contribution < -0.4 is 10.2 Å². The number of nitrogens with one attached hydrogen (secondary N) is 1. The second kappa shape index (κ2) is 10.3. The number of esters is 1. The minimum atomic E-state index is -0.422. The van der Waals surface area contributed by atoms with Gasteiger partial charge >= 0.3 is 5.97 Å². The van der Waals surface area contributed by atoms with Gasteiger partial charge in [-0.15, -0.1) is 0 Å². The number of carbonyl (C=O) groups excluding carboxylic acids is 2. The van der Waals surface area contributed by atoms with Crippen molar-refractivity contribution < 1.29 is 14.3 Å². The first-order valence-electron chi connectivity index (χ1n) is 9.14. The summed E-state index contributed by atoms with van der Waals surface area (Å²) in [4.78, 5) is 32.5. The predicted octanol–water partition coefficient (Wildman–Crippen LogP) is 3.56. The zero-order valence-corrected chi connectivity index (χ0v) is 17.3. The molecule has 2 aromatic carbocycles. The van der Waals surface area contributed by atoms with E-state index in [1.165, 1.54) is 18.0 Å². The van der Waals surface area contributed by atoms with Crippen LogP contribution in [-0.2, 0) is 4.79 Å². The van der Waals surface area contributed by atoms with E-state index >= 15 is 0 Å². The summed E-state index contributed by atoms with van der Waals surface area (Å²) < 4.78 is 5.32. The zero-order valence-electron chi connectivity index (χ0n) is 16.5. The summed E-state index contributed by atoms with van der Waals surface area (Å²) in [6, 6.07) is 17.4. The molecular weight excluding hydrogens is 400 g/mol. The summed E-state index contributed by atoms with van der Waals surface area (Å²) in [5.74, 6) is -0.0916. The van der Waals surface area contributed by atoms with Crippen LogP contribution in [0.4, 0.5) is 0 Å². The number of aryl methyl sites for hydroxylation is 2. The van der Waals surface area contributed by atoms with Gasteiger partial charge in [0, 0.05) is 11.4 Å². The Bertz CT molecular complexity index is 1030. The highest BCUT2D eigenvalue weighted by Gasteiger charge is 2.08. The molecule has 1 N–H and O–H groups in total. The Hall–Kier alpha value is -3.52. The van der Waals surface area contributed by atoms with Crippen LogP contribution >= 0.6 is 11.8 Å². The Morgan fingerprint density at radius 2 is 1.70 bits per heavy atom. The SMILES string of the molecule is Cc1cc(C)nc(SCC(=O)NN=Cc2ccc(OC(=O)c3ccccc3)cc2)n1. The molecule has 7 nitrogen and oxygen atoms in total. The minimum absolute atomic E-state index is 0.161. The fraction of sp³-hybridized carbons (Fsp3) is 0.136. The molecule has 0 spiro atoms. The van der Waals surface area contributed by atoms with Gasteiger partial charge < -0.3 is 4.74 Å². The molecule has 0 fully saturated rings. The van der Waals surface area contributed by atoms with Crippen LogP contribution in [0.3, 0.4) is 0 Å². The van der Waals surface area contributed by atoms with Crippen LogP contribution in [0.2, 0.25) is 0 Å². The van der Waals surface area contributed by atoms with Crippen molar-refractivity contribution in [1.29, 1.82) is 0 Å². The number of carbonyl (C=O) groups is 2. The van der Waals surface area contributed by atoms with E-state index in [0.29, 0.717) is 16.5 Å². The predicted molar refractivity (Wildman–Crippen MR) is 116 cm³/mol. The van der Waals surface area contributed by atoms with Crippen molar-refractivity contribution in [2.75, 3.05) is 5.75 Å². The third-order valence-electron chi connectivity index (χ3n) is 3.80. The van der Waals surface area contributed by atoms with Gasteiger partial charge in [-0.1, -0.05) is 30.0 Å². The number of benzene rings is 2. The van der Waals surface area contributed by atoms with Gasteiger partial charge in [-0.05, 0) is 61.9 Å². The molecule has 30 heavy (non-hydrogen) atoms. The standard InChI is InChI=1S/C22H20N4O3S/c1-15-12-16(2)25-22(24-15)30-14-20(27)26-23-13-17-8-10-19(11-9-17)29-21(28)18-6-4-3-5-7-18/h3-13H,14H2,1-2H3,(H,26,27). The fourth-order valence-electron chi connectivity index (χ4n) is 2.46. The summed E-state index contributed by atoms with van der Waals surface area (Å²) in [6.45, 7) is 3.77. The molecular formula is C22H20N4O3S. The first-order chi connectivity index (χ1) is 14.5. The van der Waals surface area contributed by atoms with E-state index in [-0.39, 0.29) is 11.7 Å². The Labute approximate surface area is 178 Å². The van der Waals surface area contributed by atoms with E-state index in [2.05, 4.69) is 20.5 Å². The van der Waals surface area contributed by atoms with Crippen LogP contribution in [-0.4, -0.2) is 33.8 Å². The van der Waals surface area contributed by atoms with E-state index < -0.39 is 5.97 Å². The molecule has 0 saturated carbocycles. The summed E-state index contributed by atoms with van der Waals surface area (Å²) in [6.07, 6.45) is 1.51. The van der Waals surface area contributed by atoms with Crippen molar-refractivity contribution in [3.8, 4) is 5.75 Å². The summed E-state index contributed by atoms with van der Waals surface area (Å²) in [7, 11) is 0. The number of amides is 1. The summed E-state index contributed by atoms with van der Waals surface area (Å²) >= 11 is 1.25. The number of ether oxygens (including phenoxy) is 1. The fourth-order valence-corrected chi connectivity index (χ4v) is 3.20. The molecule has 0 unspecified atom stereocenters. The van der Waals surface area contributed by atoms with Crippen LogP contribution in [0.1, 0.15) is 27.3 Å². The van der Waals surface area contributed by atoms with Gasteiger partial charge in [0.1, 0.15) is 5.75 Å². The minimum Gasteiger partial charge on any atom is -0.423 e. The third-order valence-corrected chi connectivity index (χ3v) is 4.64. The number of hydrogen-bond donors (Lipinski definition) is 1.